The van der Waals surface area contributed by atoms with E-state index in [1.54, 1.807) is 6.92 Å². The van der Waals surface area contributed by atoms with Crippen LogP contribution in [0.25, 0.3) is 0 Å². The van der Waals surface area contributed by atoms with E-state index in [2.05, 4.69) is 5.32 Å². The molecule has 1 atom stereocenters. The Balaban J connectivity index is 2.90. The third kappa shape index (κ3) is 3.97. The molecule has 0 aliphatic rings. The number of nitrogens with one attached hydrogen (secondary N) is 1. The zero-order chi connectivity index (χ0) is 14.6. The number of nitro benzene ring substituents is 1. The lowest BCUT2D eigenvalue weighted by Gasteiger charge is -2.14. The minimum atomic E-state index is -0.927. The summed E-state index contributed by atoms with van der Waals surface area (Å²) in [6, 6.07) is 2.33. The molecule has 6 nitrogen and oxygen atoms in total. The number of hydrogen-bond acceptors (Lipinski definition) is 4. The van der Waals surface area contributed by atoms with Gasteiger partial charge in [-0.25, -0.2) is 0 Å². The predicted molar refractivity (Wildman–Crippen MR) is 73.0 cm³/mol. The number of carboxylic acid groups (broad SMARTS) is 1. The Morgan fingerprint density at radius 3 is 2.37 bits per heavy atom. The summed E-state index contributed by atoms with van der Waals surface area (Å²) in [6.07, 6.45) is 0.449. The number of hydrogen-bond donors (Lipinski definition) is 2. The van der Waals surface area contributed by atoms with Crippen LogP contribution in [-0.4, -0.2) is 22.5 Å². The van der Waals surface area contributed by atoms with Crippen molar-refractivity contribution in [2.45, 2.75) is 13.3 Å². The van der Waals surface area contributed by atoms with E-state index in [4.69, 9.17) is 28.3 Å². The molecule has 1 aromatic carbocycles. The van der Waals surface area contributed by atoms with Crippen LogP contribution in [0.3, 0.4) is 0 Å². The molecule has 0 spiro atoms. The van der Waals surface area contributed by atoms with Gasteiger partial charge in [0.25, 0.3) is 5.69 Å². The third-order valence-electron chi connectivity index (χ3n) is 2.60. The first-order valence-corrected chi connectivity index (χ1v) is 6.22. The standard InChI is InChI=1S/C11H12Cl2N2O4/c1-2-6(11(16)17)5-14-10-8(12)3-7(15(18)19)4-9(10)13/h3-4,6,14H,2,5H2,1H3,(H,16,17). The number of carbonyl (C=O) groups is 1. The second-order valence-corrected chi connectivity index (χ2v) is 4.68. The largest absolute Gasteiger partial charge is 0.481 e. The number of aliphatic carboxylic acids is 1. The number of nitrogens with zero attached hydrogens (tertiary/aromatic N) is 1. The molecule has 2 N–H and O–H groups in total. The summed E-state index contributed by atoms with van der Waals surface area (Å²) < 4.78 is 0. The second kappa shape index (κ2) is 6.58. The summed E-state index contributed by atoms with van der Waals surface area (Å²) in [5.41, 5.74) is 0.0828. The van der Waals surface area contributed by atoms with Crippen molar-refractivity contribution >= 4 is 40.5 Å². The first-order chi connectivity index (χ1) is 8.86. The maximum absolute atomic E-state index is 10.9. The monoisotopic (exact) mass is 306 g/mol. The summed E-state index contributed by atoms with van der Waals surface area (Å²) in [5.74, 6) is -1.51. The summed E-state index contributed by atoms with van der Waals surface area (Å²) in [7, 11) is 0. The molecular weight excluding hydrogens is 295 g/mol. The van der Waals surface area contributed by atoms with Gasteiger partial charge in [-0.1, -0.05) is 30.1 Å². The topological polar surface area (TPSA) is 92.5 Å². The highest BCUT2D eigenvalue weighted by molar-refractivity contribution is 6.39. The van der Waals surface area contributed by atoms with Crippen molar-refractivity contribution in [3.8, 4) is 0 Å². The van der Waals surface area contributed by atoms with Crippen molar-refractivity contribution in [3.63, 3.8) is 0 Å². The summed E-state index contributed by atoms with van der Waals surface area (Å²) in [5, 5.41) is 22.5. The molecular formula is C11H12Cl2N2O4. The van der Waals surface area contributed by atoms with Crippen molar-refractivity contribution in [1.29, 1.82) is 0 Å². The number of anilines is 1. The van der Waals surface area contributed by atoms with E-state index in [1.165, 1.54) is 0 Å². The van der Waals surface area contributed by atoms with Crippen molar-refractivity contribution in [2.75, 3.05) is 11.9 Å². The highest BCUT2D eigenvalue weighted by atomic mass is 35.5. The van der Waals surface area contributed by atoms with E-state index in [1.807, 2.05) is 0 Å². The van der Waals surface area contributed by atoms with Crippen LogP contribution < -0.4 is 5.32 Å². The van der Waals surface area contributed by atoms with Crippen LogP contribution in [0.15, 0.2) is 12.1 Å². The molecule has 8 heteroatoms. The van der Waals surface area contributed by atoms with E-state index in [9.17, 15) is 14.9 Å². The van der Waals surface area contributed by atoms with Gasteiger partial charge >= 0.3 is 5.97 Å². The highest BCUT2D eigenvalue weighted by Gasteiger charge is 2.18. The molecule has 0 amide bonds. The van der Waals surface area contributed by atoms with Crippen LogP contribution in [-0.2, 0) is 4.79 Å². The van der Waals surface area contributed by atoms with Crippen LogP contribution in [0.4, 0.5) is 11.4 Å². The van der Waals surface area contributed by atoms with Gasteiger partial charge in [0.15, 0.2) is 0 Å². The maximum atomic E-state index is 10.9. The minimum absolute atomic E-state index is 0.0828. The molecule has 0 aromatic heterocycles. The molecule has 0 bridgehead atoms. The fourth-order valence-corrected chi connectivity index (χ4v) is 2.07. The van der Waals surface area contributed by atoms with E-state index in [0.717, 1.165) is 12.1 Å². The van der Waals surface area contributed by atoms with Crippen LogP contribution >= 0.6 is 23.2 Å². The lowest BCUT2D eigenvalue weighted by molar-refractivity contribution is -0.384. The number of nitro groups is 1. The first kappa shape index (κ1) is 15.5. The fourth-order valence-electron chi connectivity index (χ4n) is 1.47. The van der Waals surface area contributed by atoms with Gasteiger partial charge in [0.05, 0.1) is 26.6 Å². The average molecular weight is 307 g/mol. The Hall–Kier alpha value is -1.53. The highest BCUT2D eigenvalue weighted by Crippen LogP contribution is 2.34. The summed E-state index contributed by atoms with van der Waals surface area (Å²) in [6.45, 7) is 1.89. The Labute approximate surface area is 119 Å². The molecule has 1 rings (SSSR count). The Morgan fingerprint density at radius 2 is 2.00 bits per heavy atom. The van der Waals surface area contributed by atoms with Gasteiger partial charge in [-0.05, 0) is 6.42 Å². The van der Waals surface area contributed by atoms with E-state index in [0.29, 0.717) is 12.1 Å². The van der Waals surface area contributed by atoms with E-state index >= 15 is 0 Å². The predicted octanol–water partition coefficient (Wildman–Crippen LogP) is 3.42. The quantitative estimate of drug-likeness (QED) is 0.620. The number of non-ortho nitro benzene ring substituents is 1. The first-order valence-electron chi connectivity index (χ1n) is 5.46. The van der Waals surface area contributed by atoms with Gasteiger partial charge in [0.2, 0.25) is 0 Å². The molecule has 104 valence electrons. The lowest BCUT2D eigenvalue weighted by atomic mass is 10.1. The van der Waals surface area contributed by atoms with Gasteiger partial charge in [-0.15, -0.1) is 0 Å². The maximum Gasteiger partial charge on any atom is 0.308 e. The minimum Gasteiger partial charge on any atom is -0.481 e. The summed E-state index contributed by atoms with van der Waals surface area (Å²) in [4.78, 5) is 20.9. The van der Waals surface area contributed by atoms with E-state index in [-0.39, 0.29) is 22.3 Å². The molecule has 0 radical (unpaired) electrons. The molecule has 19 heavy (non-hydrogen) atoms. The molecule has 0 aliphatic heterocycles. The SMILES string of the molecule is CCC(CNc1c(Cl)cc([N+](=O)[O-])cc1Cl)C(=O)O. The van der Waals surface area contributed by atoms with Crippen LogP contribution in [0.1, 0.15) is 13.3 Å². The Kier molecular flexibility index (Phi) is 5.38. The van der Waals surface area contributed by atoms with Crippen molar-refractivity contribution < 1.29 is 14.8 Å². The molecule has 1 aromatic rings. The van der Waals surface area contributed by atoms with Crippen LogP contribution in [0.2, 0.25) is 10.0 Å². The van der Waals surface area contributed by atoms with Gasteiger partial charge in [0, 0.05) is 18.7 Å². The van der Waals surface area contributed by atoms with E-state index < -0.39 is 16.8 Å². The zero-order valence-electron chi connectivity index (χ0n) is 10.0. The molecule has 0 heterocycles. The smallest absolute Gasteiger partial charge is 0.308 e. The van der Waals surface area contributed by atoms with Crippen molar-refractivity contribution in [3.05, 3.63) is 32.3 Å². The number of carboxylic acids is 1. The molecule has 0 saturated carbocycles. The van der Waals surface area contributed by atoms with Crippen molar-refractivity contribution in [1.82, 2.24) is 0 Å². The molecule has 0 aliphatic carbocycles. The second-order valence-electron chi connectivity index (χ2n) is 3.87. The normalized spacial score (nSPS) is 11.9. The average Bonchev–Trinajstić information content (AvgIpc) is 2.31. The van der Waals surface area contributed by atoms with Crippen LogP contribution in [0, 0.1) is 16.0 Å². The molecule has 0 saturated heterocycles. The molecule has 0 fully saturated rings. The van der Waals surface area contributed by atoms with Gasteiger partial charge in [-0.2, -0.15) is 0 Å². The van der Waals surface area contributed by atoms with Gasteiger partial charge in [0.1, 0.15) is 0 Å². The zero-order valence-corrected chi connectivity index (χ0v) is 11.5. The third-order valence-corrected chi connectivity index (χ3v) is 3.20. The summed E-state index contributed by atoms with van der Waals surface area (Å²) >= 11 is 11.8. The Morgan fingerprint density at radius 1 is 1.47 bits per heavy atom. The van der Waals surface area contributed by atoms with Gasteiger partial charge in [-0.3, -0.25) is 14.9 Å². The van der Waals surface area contributed by atoms with Crippen molar-refractivity contribution in [2.24, 2.45) is 5.92 Å². The molecule has 1 unspecified atom stereocenters. The fraction of sp³-hybridized carbons (Fsp3) is 0.364. The number of benzene rings is 1. The van der Waals surface area contributed by atoms with Crippen LogP contribution in [0.5, 0.6) is 0 Å². The number of rotatable bonds is 6. The number of halogens is 2. The Bertz CT molecular complexity index is 484. The lowest BCUT2D eigenvalue weighted by Crippen LogP contribution is -2.22. The van der Waals surface area contributed by atoms with Gasteiger partial charge < -0.3 is 10.4 Å².